The average molecular weight is 241 g/mol. The Balaban J connectivity index is 1.69. The van der Waals surface area contributed by atoms with Gasteiger partial charge in [0.1, 0.15) is 12.1 Å². The van der Waals surface area contributed by atoms with Gasteiger partial charge in [0.15, 0.2) is 0 Å². The first-order valence-corrected chi connectivity index (χ1v) is 5.61. The molecule has 2 aromatic heterocycles. The Hall–Kier alpha value is -2.43. The summed E-state index contributed by atoms with van der Waals surface area (Å²) >= 11 is 0. The Bertz CT molecular complexity index is 565. The minimum absolute atomic E-state index is 0.0515. The molecule has 0 aromatic carbocycles. The molecule has 5 heteroatoms. The standard InChI is InChI=1S/C13H11N3O2/c17-13(4-3-11-2-1-5-18-11)16-7-10-6-14-9-15-12(10)8-16/h1-6,9H,7-8H2/b4-3+. The molecule has 0 aliphatic carbocycles. The zero-order valence-corrected chi connectivity index (χ0v) is 9.61. The zero-order chi connectivity index (χ0) is 12.4. The van der Waals surface area contributed by atoms with E-state index in [1.165, 1.54) is 12.4 Å². The number of rotatable bonds is 2. The van der Waals surface area contributed by atoms with Gasteiger partial charge >= 0.3 is 0 Å². The van der Waals surface area contributed by atoms with E-state index in [9.17, 15) is 4.79 Å². The van der Waals surface area contributed by atoms with Gasteiger partial charge in [0, 0.05) is 24.4 Å². The number of fused-ring (bicyclic) bond motifs is 1. The van der Waals surface area contributed by atoms with Gasteiger partial charge in [0.25, 0.3) is 0 Å². The van der Waals surface area contributed by atoms with Gasteiger partial charge in [0.05, 0.1) is 18.5 Å². The highest BCUT2D eigenvalue weighted by Gasteiger charge is 2.22. The molecule has 1 amide bonds. The fraction of sp³-hybridized carbons (Fsp3) is 0.154. The molecule has 3 heterocycles. The molecular weight excluding hydrogens is 230 g/mol. The Morgan fingerprint density at radius 1 is 1.44 bits per heavy atom. The number of carbonyl (C=O) groups is 1. The van der Waals surface area contributed by atoms with E-state index in [0.717, 1.165) is 11.3 Å². The fourth-order valence-electron chi connectivity index (χ4n) is 1.90. The van der Waals surface area contributed by atoms with Gasteiger partial charge in [-0.15, -0.1) is 0 Å². The van der Waals surface area contributed by atoms with Crippen molar-refractivity contribution >= 4 is 12.0 Å². The van der Waals surface area contributed by atoms with Crippen LogP contribution in [0.3, 0.4) is 0 Å². The Morgan fingerprint density at radius 3 is 3.17 bits per heavy atom. The van der Waals surface area contributed by atoms with Crippen LogP contribution in [0.25, 0.3) is 6.08 Å². The predicted molar refractivity (Wildman–Crippen MR) is 64.0 cm³/mol. The third-order valence-corrected chi connectivity index (χ3v) is 2.83. The maximum absolute atomic E-state index is 12.0. The minimum Gasteiger partial charge on any atom is -0.465 e. The summed E-state index contributed by atoms with van der Waals surface area (Å²) in [6.45, 7) is 1.11. The molecule has 0 bridgehead atoms. The molecule has 3 rings (SSSR count). The van der Waals surface area contributed by atoms with Gasteiger partial charge in [-0.25, -0.2) is 9.97 Å². The molecule has 90 valence electrons. The van der Waals surface area contributed by atoms with Crippen molar-refractivity contribution in [2.75, 3.05) is 0 Å². The highest BCUT2D eigenvalue weighted by Crippen LogP contribution is 2.19. The fourth-order valence-corrected chi connectivity index (χ4v) is 1.90. The van der Waals surface area contributed by atoms with Gasteiger partial charge in [-0.05, 0) is 18.2 Å². The highest BCUT2D eigenvalue weighted by atomic mass is 16.3. The van der Waals surface area contributed by atoms with Crippen molar-refractivity contribution in [3.8, 4) is 0 Å². The van der Waals surface area contributed by atoms with Crippen molar-refractivity contribution in [2.45, 2.75) is 13.1 Å². The number of carbonyl (C=O) groups excluding carboxylic acids is 1. The van der Waals surface area contributed by atoms with Crippen molar-refractivity contribution in [1.29, 1.82) is 0 Å². The normalized spacial score (nSPS) is 14.1. The molecule has 1 aliphatic heterocycles. The smallest absolute Gasteiger partial charge is 0.247 e. The van der Waals surface area contributed by atoms with Crippen molar-refractivity contribution in [3.05, 3.63) is 54.0 Å². The lowest BCUT2D eigenvalue weighted by Crippen LogP contribution is -2.23. The second kappa shape index (κ2) is 4.44. The summed E-state index contributed by atoms with van der Waals surface area (Å²) in [6.07, 6.45) is 8.01. The number of aromatic nitrogens is 2. The van der Waals surface area contributed by atoms with E-state index in [0.29, 0.717) is 18.8 Å². The van der Waals surface area contributed by atoms with Gasteiger partial charge in [-0.2, -0.15) is 0 Å². The summed E-state index contributed by atoms with van der Waals surface area (Å²) in [6, 6.07) is 3.58. The van der Waals surface area contributed by atoms with Gasteiger partial charge < -0.3 is 9.32 Å². The van der Waals surface area contributed by atoms with Crippen LogP contribution in [0.15, 0.2) is 41.4 Å². The van der Waals surface area contributed by atoms with Crippen LogP contribution in [0.2, 0.25) is 0 Å². The number of amides is 1. The largest absolute Gasteiger partial charge is 0.465 e. The third-order valence-electron chi connectivity index (χ3n) is 2.83. The summed E-state index contributed by atoms with van der Waals surface area (Å²) in [4.78, 5) is 21.8. The number of furan rings is 1. The Morgan fingerprint density at radius 2 is 2.39 bits per heavy atom. The molecular formula is C13H11N3O2. The van der Waals surface area contributed by atoms with E-state index in [2.05, 4.69) is 9.97 Å². The topological polar surface area (TPSA) is 59.2 Å². The Labute approximate surface area is 104 Å². The highest BCUT2D eigenvalue weighted by molar-refractivity contribution is 5.91. The minimum atomic E-state index is -0.0515. The second-order valence-corrected chi connectivity index (χ2v) is 4.04. The summed E-state index contributed by atoms with van der Waals surface area (Å²) in [5.74, 6) is 0.615. The maximum Gasteiger partial charge on any atom is 0.247 e. The number of hydrogen-bond donors (Lipinski definition) is 0. The first-order chi connectivity index (χ1) is 8.83. The predicted octanol–water partition coefficient (Wildman–Crippen LogP) is 1.63. The SMILES string of the molecule is O=C(/C=C/c1ccco1)N1Cc2cncnc2C1. The van der Waals surface area contributed by atoms with E-state index in [4.69, 9.17) is 4.42 Å². The van der Waals surface area contributed by atoms with E-state index in [1.807, 2.05) is 0 Å². The van der Waals surface area contributed by atoms with E-state index in [1.54, 1.807) is 35.6 Å². The van der Waals surface area contributed by atoms with Gasteiger partial charge in [-0.3, -0.25) is 4.79 Å². The lowest BCUT2D eigenvalue weighted by molar-refractivity contribution is -0.126. The molecule has 2 aromatic rings. The third kappa shape index (κ3) is 2.02. The van der Waals surface area contributed by atoms with Crippen LogP contribution in [-0.4, -0.2) is 20.8 Å². The summed E-state index contributed by atoms with van der Waals surface area (Å²) < 4.78 is 5.13. The molecule has 0 saturated carbocycles. The molecule has 0 spiro atoms. The molecule has 0 N–H and O–H groups in total. The van der Waals surface area contributed by atoms with Crippen LogP contribution in [-0.2, 0) is 17.9 Å². The average Bonchev–Trinajstić information content (AvgIpc) is 3.04. The van der Waals surface area contributed by atoms with Crippen molar-refractivity contribution in [2.24, 2.45) is 0 Å². The molecule has 0 atom stereocenters. The van der Waals surface area contributed by atoms with Crippen LogP contribution < -0.4 is 0 Å². The molecule has 5 nitrogen and oxygen atoms in total. The van der Waals surface area contributed by atoms with Crippen molar-refractivity contribution in [3.63, 3.8) is 0 Å². The monoisotopic (exact) mass is 241 g/mol. The summed E-state index contributed by atoms with van der Waals surface area (Å²) in [5, 5.41) is 0. The zero-order valence-electron chi connectivity index (χ0n) is 9.61. The lowest BCUT2D eigenvalue weighted by Gasteiger charge is -2.11. The molecule has 0 unspecified atom stereocenters. The van der Waals surface area contributed by atoms with Crippen LogP contribution in [0.4, 0.5) is 0 Å². The molecule has 0 fully saturated rings. The van der Waals surface area contributed by atoms with E-state index in [-0.39, 0.29) is 5.91 Å². The molecule has 0 saturated heterocycles. The van der Waals surface area contributed by atoms with Crippen LogP contribution in [0.1, 0.15) is 17.0 Å². The lowest BCUT2D eigenvalue weighted by atomic mass is 10.3. The molecule has 1 aliphatic rings. The number of hydrogen-bond acceptors (Lipinski definition) is 4. The first kappa shape index (κ1) is 10.7. The Kier molecular flexibility index (Phi) is 2.64. The van der Waals surface area contributed by atoms with Crippen LogP contribution in [0.5, 0.6) is 0 Å². The second-order valence-electron chi connectivity index (χ2n) is 4.04. The summed E-state index contributed by atoms with van der Waals surface area (Å²) in [5.41, 5.74) is 1.93. The van der Waals surface area contributed by atoms with Crippen LogP contribution in [0, 0.1) is 0 Å². The number of nitrogens with zero attached hydrogens (tertiary/aromatic N) is 3. The quantitative estimate of drug-likeness (QED) is 0.750. The van der Waals surface area contributed by atoms with Crippen molar-refractivity contribution in [1.82, 2.24) is 14.9 Å². The molecule has 0 radical (unpaired) electrons. The van der Waals surface area contributed by atoms with Gasteiger partial charge in [0.2, 0.25) is 5.91 Å². The molecule has 18 heavy (non-hydrogen) atoms. The maximum atomic E-state index is 12.0. The first-order valence-electron chi connectivity index (χ1n) is 5.61. The summed E-state index contributed by atoms with van der Waals surface area (Å²) in [7, 11) is 0. The van der Waals surface area contributed by atoms with Gasteiger partial charge in [-0.1, -0.05) is 0 Å². The van der Waals surface area contributed by atoms with E-state index >= 15 is 0 Å². The van der Waals surface area contributed by atoms with E-state index < -0.39 is 0 Å². The van der Waals surface area contributed by atoms with Crippen LogP contribution >= 0.6 is 0 Å². The van der Waals surface area contributed by atoms with Crippen molar-refractivity contribution < 1.29 is 9.21 Å².